The van der Waals surface area contributed by atoms with Gasteiger partial charge >= 0.3 is 0 Å². The summed E-state index contributed by atoms with van der Waals surface area (Å²) in [6.07, 6.45) is 2.40. The summed E-state index contributed by atoms with van der Waals surface area (Å²) in [5.41, 5.74) is -0.468. The minimum atomic E-state index is -0.972. The molecule has 1 saturated carbocycles. The third-order valence-corrected chi connectivity index (χ3v) is 3.46. The largest absolute Gasteiger partial charge is 0.487 e. The minimum absolute atomic E-state index is 0.0250. The van der Waals surface area contributed by atoms with E-state index in [1.807, 2.05) is 6.92 Å². The maximum absolute atomic E-state index is 13.5. The molecular formula is C15H21F2NO2. The maximum Gasteiger partial charge on any atom is 0.200 e. The summed E-state index contributed by atoms with van der Waals surface area (Å²) in [4.78, 5) is 0. The molecule has 1 aromatic rings. The summed E-state index contributed by atoms with van der Waals surface area (Å²) in [7, 11) is 0. The zero-order valence-corrected chi connectivity index (χ0v) is 11.8. The highest BCUT2D eigenvalue weighted by atomic mass is 19.2. The molecule has 2 N–H and O–H groups in total. The van der Waals surface area contributed by atoms with E-state index < -0.39 is 17.2 Å². The van der Waals surface area contributed by atoms with Gasteiger partial charge in [0.2, 0.25) is 5.82 Å². The van der Waals surface area contributed by atoms with E-state index in [0.29, 0.717) is 12.5 Å². The molecule has 5 heteroatoms. The van der Waals surface area contributed by atoms with Gasteiger partial charge in [0.25, 0.3) is 0 Å². The lowest BCUT2D eigenvalue weighted by Gasteiger charge is -2.32. The standard InChI is InChI=1S/C15H21F2NO2/c1-10(8-15(2,9-19)18-11-6-7-11)20-13-5-3-4-12(16)14(13)17/h3-5,10-11,18-19H,6-9H2,1-2H3. The Labute approximate surface area is 117 Å². The Bertz CT molecular complexity index is 465. The van der Waals surface area contributed by atoms with Crippen LogP contribution in [0.15, 0.2) is 18.2 Å². The Morgan fingerprint density at radius 1 is 1.45 bits per heavy atom. The first-order valence-corrected chi connectivity index (χ1v) is 6.93. The second-order valence-electron chi connectivity index (χ2n) is 5.82. The molecule has 2 atom stereocenters. The molecule has 0 spiro atoms. The SMILES string of the molecule is CC(CC(C)(CO)NC1CC1)Oc1cccc(F)c1F. The van der Waals surface area contributed by atoms with Crippen molar-refractivity contribution < 1.29 is 18.6 Å². The predicted molar refractivity (Wildman–Crippen MR) is 72.7 cm³/mol. The molecule has 1 aliphatic rings. The first kappa shape index (κ1) is 15.2. The van der Waals surface area contributed by atoms with E-state index in [1.165, 1.54) is 12.1 Å². The van der Waals surface area contributed by atoms with E-state index in [0.717, 1.165) is 18.9 Å². The summed E-state index contributed by atoms with van der Waals surface area (Å²) in [6.45, 7) is 3.67. The van der Waals surface area contributed by atoms with Crippen molar-refractivity contribution in [2.24, 2.45) is 0 Å². The molecule has 0 aliphatic heterocycles. The number of ether oxygens (including phenoxy) is 1. The zero-order chi connectivity index (χ0) is 14.8. The number of benzene rings is 1. The quantitative estimate of drug-likeness (QED) is 0.809. The summed E-state index contributed by atoms with van der Waals surface area (Å²) >= 11 is 0. The van der Waals surface area contributed by atoms with Gasteiger partial charge in [0.15, 0.2) is 11.6 Å². The number of aliphatic hydroxyl groups excluding tert-OH is 1. The Balaban J connectivity index is 1.96. The molecule has 0 amide bonds. The van der Waals surface area contributed by atoms with Gasteiger partial charge in [-0.2, -0.15) is 4.39 Å². The van der Waals surface area contributed by atoms with Gasteiger partial charge in [-0.15, -0.1) is 0 Å². The Morgan fingerprint density at radius 3 is 2.75 bits per heavy atom. The van der Waals surface area contributed by atoms with Gasteiger partial charge in [0, 0.05) is 18.0 Å². The van der Waals surface area contributed by atoms with E-state index in [9.17, 15) is 13.9 Å². The van der Waals surface area contributed by atoms with Crippen molar-refractivity contribution in [3.8, 4) is 5.75 Å². The highest BCUT2D eigenvalue weighted by molar-refractivity contribution is 5.25. The van der Waals surface area contributed by atoms with Crippen molar-refractivity contribution in [3.05, 3.63) is 29.8 Å². The Morgan fingerprint density at radius 2 is 2.15 bits per heavy atom. The van der Waals surface area contributed by atoms with Crippen molar-refractivity contribution >= 4 is 0 Å². The van der Waals surface area contributed by atoms with Crippen molar-refractivity contribution in [3.63, 3.8) is 0 Å². The van der Waals surface area contributed by atoms with Gasteiger partial charge in [-0.1, -0.05) is 6.07 Å². The van der Waals surface area contributed by atoms with E-state index in [1.54, 1.807) is 6.92 Å². The van der Waals surface area contributed by atoms with Gasteiger partial charge in [0.05, 0.1) is 12.7 Å². The van der Waals surface area contributed by atoms with E-state index in [-0.39, 0.29) is 18.5 Å². The molecule has 3 nitrogen and oxygen atoms in total. The van der Waals surface area contributed by atoms with Crippen molar-refractivity contribution in [2.45, 2.75) is 50.8 Å². The monoisotopic (exact) mass is 285 g/mol. The van der Waals surface area contributed by atoms with Gasteiger partial charge in [0.1, 0.15) is 0 Å². The smallest absolute Gasteiger partial charge is 0.200 e. The summed E-state index contributed by atoms with van der Waals surface area (Å²) < 4.78 is 32.1. The molecule has 0 aromatic heterocycles. The molecule has 1 aromatic carbocycles. The minimum Gasteiger partial charge on any atom is -0.487 e. The van der Waals surface area contributed by atoms with Crippen LogP contribution in [0.1, 0.15) is 33.1 Å². The molecule has 20 heavy (non-hydrogen) atoms. The van der Waals surface area contributed by atoms with E-state index in [2.05, 4.69) is 5.32 Å². The van der Waals surface area contributed by atoms with Gasteiger partial charge in [-0.25, -0.2) is 4.39 Å². The van der Waals surface area contributed by atoms with Crippen LogP contribution in [-0.4, -0.2) is 29.4 Å². The number of hydrogen-bond donors (Lipinski definition) is 2. The number of rotatable bonds is 7. The predicted octanol–water partition coefficient (Wildman–Crippen LogP) is 2.63. The van der Waals surface area contributed by atoms with Gasteiger partial charge in [-0.3, -0.25) is 0 Å². The number of nitrogens with one attached hydrogen (secondary N) is 1. The molecule has 0 radical (unpaired) electrons. The molecule has 0 bridgehead atoms. The van der Waals surface area contributed by atoms with Crippen LogP contribution in [-0.2, 0) is 0 Å². The average molecular weight is 285 g/mol. The lowest BCUT2D eigenvalue weighted by atomic mass is 9.95. The summed E-state index contributed by atoms with van der Waals surface area (Å²) in [5.74, 6) is -1.99. The lowest BCUT2D eigenvalue weighted by molar-refractivity contribution is 0.106. The van der Waals surface area contributed by atoms with Crippen molar-refractivity contribution in [1.29, 1.82) is 0 Å². The molecule has 1 fully saturated rings. The van der Waals surface area contributed by atoms with Crippen molar-refractivity contribution in [2.75, 3.05) is 6.61 Å². The van der Waals surface area contributed by atoms with E-state index >= 15 is 0 Å². The molecule has 0 heterocycles. The molecule has 2 rings (SSSR count). The Hall–Kier alpha value is -1.20. The van der Waals surface area contributed by atoms with Crippen LogP contribution in [0.25, 0.3) is 0 Å². The first-order valence-electron chi connectivity index (χ1n) is 6.93. The van der Waals surface area contributed by atoms with E-state index in [4.69, 9.17) is 4.74 Å². The van der Waals surface area contributed by atoms with Gasteiger partial charge in [-0.05, 0) is 38.8 Å². The second-order valence-corrected chi connectivity index (χ2v) is 5.82. The zero-order valence-electron chi connectivity index (χ0n) is 11.8. The number of halogens is 2. The fraction of sp³-hybridized carbons (Fsp3) is 0.600. The third-order valence-electron chi connectivity index (χ3n) is 3.46. The number of aliphatic hydroxyl groups is 1. The normalized spacial score (nSPS) is 19.4. The van der Waals surface area contributed by atoms with Crippen LogP contribution in [0.5, 0.6) is 5.75 Å². The van der Waals surface area contributed by atoms with Crippen LogP contribution >= 0.6 is 0 Å². The fourth-order valence-corrected chi connectivity index (χ4v) is 2.36. The molecule has 2 unspecified atom stereocenters. The first-order chi connectivity index (χ1) is 9.43. The topological polar surface area (TPSA) is 41.5 Å². The molecule has 1 aliphatic carbocycles. The summed E-state index contributed by atoms with van der Waals surface area (Å²) in [5, 5.41) is 12.9. The maximum atomic E-state index is 13.5. The Kier molecular flexibility index (Phi) is 4.60. The summed E-state index contributed by atoms with van der Waals surface area (Å²) in [6, 6.07) is 4.32. The number of hydrogen-bond acceptors (Lipinski definition) is 3. The third kappa shape index (κ3) is 3.90. The van der Waals surface area contributed by atoms with Crippen LogP contribution in [0.2, 0.25) is 0 Å². The lowest BCUT2D eigenvalue weighted by Crippen LogP contribution is -2.49. The molecule has 112 valence electrons. The van der Waals surface area contributed by atoms with Crippen LogP contribution < -0.4 is 10.1 Å². The van der Waals surface area contributed by atoms with Crippen molar-refractivity contribution in [1.82, 2.24) is 5.32 Å². The molecule has 0 saturated heterocycles. The highest BCUT2D eigenvalue weighted by Gasteiger charge is 2.33. The van der Waals surface area contributed by atoms with Crippen LogP contribution in [0.4, 0.5) is 8.78 Å². The highest BCUT2D eigenvalue weighted by Crippen LogP contribution is 2.26. The second kappa shape index (κ2) is 6.06. The fourth-order valence-electron chi connectivity index (χ4n) is 2.36. The van der Waals surface area contributed by atoms with Crippen LogP contribution in [0, 0.1) is 11.6 Å². The van der Waals surface area contributed by atoms with Gasteiger partial charge < -0.3 is 15.2 Å². The van der Waals surface area contributed by atoms with Crippen LogP contribution in [0.3, 0.4) is 0 Å². The molecular weight excluding hydrogens is 264 g/mol. The average Bonchev–Trinajstić information content (AvgIpc) is 3.18.